The number of aromatic nitrogens is 2. The third-order valence-corrected chi connectivity index (χ3v) is 9.62. The first kappa shape index (κ1) is 28.7. The van der Waals surface area contributed by atoms with Crippen LogP contribution in [0.1, 0.15) is 36.2 Å². The molecule has 4 aromatic rings. The molecule has 0 radical (unpaired) electrons. The number of nitrogens with zero attached hydrogens (tertiary/aromatic N) is 4. The number of carbonyl (C=O) groups is 2. The summed E-state index contributed by atoms with van der Waals surface area (Å²) >= 11 is 13.6. The number of benzene rings is 2. The van der Waals surface area contributed by atoms with Crippen LogP contribution in [-0.2, 0) is 4.79 Å². The molecule has 1 saturated carbocycles. The van der Waals surface area contributed by atoms with Gasteiger partial charge in [0.2, 0.25) is 11.3 Å². The van der Waals surface area contributed by atoms with E-state index in [0.717, 1.165) is 18.9 Å². The standard InChI is InChI=1S/C28H26Cl2FN5O5S/c1-13-10-35(8-7-34(13)12-20(37)33-28-32-19-6-5-17(29)21(30)26(19)42-28)23-18(31)9-15-22(25(23)41-2)36(14-3-4-14)11-16(24(15)38)27(39)40/h5-6,9,11,13-14H,3-4,7-8,10,12H2,1-2H3,(H,39,40)(H,32,33,37). The lowest BCUT2D eigenvalue weighted by molar-refractivity contribution is -0.117. The lowest BCUT2D eigenvalue weighted by atomic mass is 10.1. The Morgan fingerprint density at radius 2 is 2.02 bits per heavy atom. The SMILES string of the molecule is COc1c(N2CCN(CC(=O)Nc3nc4ccc(Cl)c(Cl)c4s3)C(C)C2)c(F)cc2c(=O)c(C(=O)O)cn(C3CC3)c12. The van der Waals surface area contributed by atoms with Crippen molar-refractivity contribution >= 4 is 78.4 Å². The molecule has 14 heteroatoms. The first-order chi connectivity index (χ1) is 20.1. The van der Waals surface area contributed by atoms with Crippen molar-refractivity contribution in [1.29, 1.82) is 0 Å². The van der Waals surface area contributed by atoms with E-state index in [1.54, 1.807) is 16.7 Å². The quantitative estimate of drug-likeness (QED) is 0.283. The summed E-state index contributed by atoms with van der Waals surface area (Å²) in [6, 6.07) is 4.39. The maximum atomic E-state index is 15.7. The summed E-state index contributed by atoms with van der Waals surface area (Å²) in [5.41, 5.74) is 0.0907. The highest BCUT2D eigenvalue weighted by Crippen LogP contribution is 2.44. The lowest BCUT2D eigenvalue weighted by Crippen LogP contribution is -2.54. The maximum Gasteiger partial charge on any atom is 0.341 e. The minimum Gasteiger partial charge on any atom is -0.492 e. The van der Waals surface area contributed by atoms with Gasteiger partial charge in [-0.3, -0.25) is 14.5 Å². The molecule has 1 amide bonds. The van der Waals surface area contributed by atoms with Crippen molar-refractivity contribution in [2.75, 3.05) is 43.5 Å². The number of piperazine rings is 1. The van der Waals surface area contributed by atoms with Crippen molar-refractivity contribution in [2.45, 2.75) is 31.8 Å². The van der Waals surface area contributed by atoms with Crippen LogP contribution in [0.3, 0.4) is 0 Å². The minimum absolute atomic E-state index is 0.0103. The first-order valence-electron chi connectivity index (χ1n) is 13.3. The highest BCUT2D eigenvalue weighted by Gasteiger charge is 2.33. The smallest absolute Gasteiger partial charge is 0.341 e. The lowest BCUT2D eigenvalue weighted by Gasteiger charge is -2.41. The van der Waals surface area contributed by atoms with E-state index in [0.29, 0.717) is 50.5 Å². The van der Waals surface area contributed by atoms with E-state index in [1.807, 2.05) is 16.7 Å². The normalized spacial score (nSPS) is 17.6. The summed E-state index contributed by atoms with van der Waals surface area (Å²) in [5.74, 6) is -2.08. The molecule has 3 heterocycles. The van der Waals surface area contributed by atoms with Gasteiger partial charge in [-0.15, -0.1) is 0 Å². The topological polar surface area (TPSA) is 117 Å². The van der Waals surface area contributed by atoms with Crippen LogP contribution in [0.4, 0.5) is 15.2 Å². The van der Waals surface area contributed by atoms with Crippen LogP contribution in [0.2, 0.25) is 10.0 Å². The Bertz CT molecular complexity index is 1820. The second kappa shape index (κ2) is 11.0. The third kappa shape index (κ3) is 5.06. The van der Waals surface area contributed by atoms with Gasteiger partial charge in [0, 0.05) is 37.9 Å². The molecule has 2 aromatic carbocycles. The van der Waals surface area contributed by atoms with Crippen LogP contribution in [0.15, 0.2) is 29.2 Å². The van der Waals surface area contributed by atoms with Crippen LogP contribution in [0.5, 0.6) is 5.75 Å². The molecular formula is C28H26Cl2FN5O5S. The predicted molar refractivity (Wildman–Crippen MR) is 161 cm³/mol. The summed E-state index contributed by atoms with van der Waals surface area (Å²) in [6.07, 6.45) is 2.98. The van der Waals surface area contributed by atoms with Crippen molar-refractivity contribution in [3.8, 4) is 5.75 Å². The minimum atomic E-state index is -1.36. The van der Waals surface area contributed by atoms with E-state index < -0.39 is 22.8 Å². The van der Waals surface area contributed by atoms with Crippen LogP contribution >= 0.6 is 34.5 Å². The molecule has 0 spiro atoms. The Balaban J connectivity index is 1.23. The second-order valence-electron chi connectivity index (χ2n) is 10.5. The monoisotopic (exact) mass is 633 g/mol. The first-order valence-corrected chi connectivity index (χ1v) is 14.9. The number of ether oxygens (including phenoxy) is 1. The molecule has 6 rings (SSSR count). The Kier molecular flexibility index (Phi) is 7.50. The van der Waals surface area contributed by atoms with E-state index in [2.05, 4.69) is 10.3 Å². The van der Waals surface area contributed by atoms with Crippen LogP contribution in [0.25, 0.3) is 21.1 Å². The molecule has 2 fully saturated rings. The Hall–Kier alpha value is -3.45. The number of anilines is 2. The van der Waals surface area contributed by atoms with E-state index in [-0.39, 0.29) is 41.4 Å². The molecule has 1 atom stereocenters. The number of hydrogen-bond acceptors (Lipinski definition) is 8. The van der Waals surface area contributed by atoms with Gasteiger partial charge in [0.15, 0.2) is 16.7 Å². The van der Waals surface area contributed by atoms with Crippen LogP contribution < -0.4 is 20.4 Å². The van der Waals surface area contributed by atoms with E-state index >= 15 is 4.39 Å². The highest BCUT2D eigenvalue weighted by atomic mass is 35.5. The molecular weight excluding hydrogens is 608 g/mol. The molecule has 10 nitrogen and oxygen atoms in total. The summed E-state index contributed by atoms with van der Waals surface area (Å²) in [5, 5.41) is 13.6. The van der Waals surface area contributed by atoms with E-state index in [9.17, 15) is 19.5 Å². The molecule has 2 N–H and O–H groups in total. The zero-order valence-electron chi connectivity index (χ0n) is 22.6. The van der Waals surface area contributed by atoms with Crippen molar-refractivity contribution in [3.05, 3.63) is 56.0 Å². The Morgan fingerprint density at radius 1 is 1.26 bits per heavy atom. The third-order valence-electron chi connectivity index (χ3n) is 7.70. The van der Waals surface area contributed by atoms with Crippen LogP contribution in [0, 0.1) is 5.82 Å². The summed E-state index contributed by atoms with van der Waals surface area (Å²) in [4.78, 5) is 45.9. The number of carboxylic acids is 1. The van der Waals surface area contributed by atoms with Gasteiger partial charge in [-0.25, -0.2) is 14.2 Å². The number of fused-ring (bicyclic) bond motifs is 2. The maximum absolute atomic E-state index is 15.7. The van der Waals surface area contributed by atoms with Crippen molar-refractivity contribution in [2.24, 2.45) is 0 Å². The number of aromatic carboxylic acids is 1. The number of halogens is 3. The number of methoxy groups -OCH3 is 1. The van der Waals surface area contributed by atoms with Crippen LogP contribution in [-0.4, -0.2) is 70.8 Å². The molecule has 2 aromatic heterocycles. The number of rotatable bonds is 7. The van der Waals surface area contributed by atoms with Crippen molar-refractivity contribution in [1.82, 2.24) is 14.5 Å². The van der Waals surface area contributed by atoms with E-state index in [1.165, 1.54) is 24.6 Å². The zero-order valence-corrected chi connectivity index (χ0v) is 24.9. The van der Waals surface area contributed by atoms with Crippen molar-refractivity contribution in [3.63, 3.8) is 0 Å². The average molecular weight is 635 g/mol. The molecule has 42 heavy (non-hydrogen) atoms. The number of hydrogen-bond donors (Lipinski definition) is 2. The number of amides is 1. The van der Waals surface area contributed by atoms with Gasteiger partial charge in [-0.05, 0) is 38.0 Å². The zero-order chi connectivity index (χ0) is 29.9. The fourth-order valence-electron chi connectivity index (χ4n) is 5.49. The van der Waals surface area contributed by atoms with Gasteiger partial charge in [0.25, 0.3) is 0 Å². The summed E-state index contributed by atoms with van der Waals surface area (Å²) in [6.45, 7) is 3.30. The molecule has 1 unspecified atom stereocenters. The Morgan fingerprint density at radius 3 is 2.69 bits per heavy atom. The number of carbonyl (C=O) groups excluding carboxylic acids is 1. The van der Waals surface area contributed by atoms with Gasteiger partial charge in [-0.1, -0.05) is 34.5 Å². The fraction of sp³-hybridized carbons (Fsp3) is 0.357. The number of nitrogens with one attached hydrogen (secondary N) is 1. The highest BCUT2D eigenvalue weighted by molar-refractivity contribution is 7.23. The molecule has 1 saturated heterocycles. The molecule has 0 bridgehead atoms. The summed E-state index contributed by atoms with van der Waals surface area (Å²) < 4.78 is 23.8. The average Bonchev–Trinajstić information content (AvgIpc) is 3.71. The van der Waals surface area contributed by atoms with E-state index in [4.69, 9.17) is 27.9 Å². The number of thiazole rings is 1. The molecule has 1 aliphatic heterocycles. The molecule has 220 valence electrons. The van der Waals surface area contributed by atoms with Crippen molar-refractivity contribution < 1.29 is 23.8 Å². The number of carboxylic acid groups (broad SMARTS) is 1. The molecule has 2 aliphatic rings. The van der Waals surface area contributed by atoms with Gasteiger partial charge < -0.3 is 24.6 Å². The predicted octanol–water partition coefficient (Wildman–Crippen LogP) is 5.25. The largest absolute Gasteiger partial charge is 0.492 e. The van der Waals surface area contributed by atoms with Gasteiger partial charge in [-0.2, -0.15) is 0 Å². The summed E-state index contributed by atoms with van der Waals surface area (Å²) in [7, 11) is 1.41. The Labute approximate surface area is 253 Å². The second-order valence-corrected chi connectivity index (χ2v) is 12.3. The van der Waals surface area contributed by atoms with Gasteiger partial charge in [0.1, 0.15) is 11.3 Å². The number of pyridine rings is 1. The van der Waals surface area contributed by atoms with Gasteiger partial charge >= 0.3 is 5.97 Å². The van der Waals surface area contributed by atoms with Gasteiger partial charge in [0.05, 0.1) is 44.8 Å². The fourth-order valence-corrected chi connectivity index (χ4v) is 6.90. The molecule has 1 aliphatic carbocycles.